The molecule has 0 saturated heterocycles. The lowest BCUT2D eigenvalue weighted by molar-refractivity contribution is 0.723. The van der Waals surface area contributed by atoms with Crippen LogP contribution in [-0.4, -0.2) is 29.5 Å². The first kappa shape index (κ1) is 12.3. The van der Waals surface area contributed by atoms with Crippen LogP contribution in [0.2, 0.25) is 0 Å². The zero-order chi connectivity index (χ0) is 14.6. The van der Waals surface area contributed by atoms with Crippen molar-refractivity contribution in [3.8, 4) is 0 Å². The van der Waals surface area contributed by atoms with Crippen molar-refractivity contribution in [2.75, 3.05) is 0 Å². The molecule has 4 heterocycles. The van der Waals surface area contributed by atoms with Crippen molar-refractivity contribution in [1.29, 1.82) is 0 Å². The van der Waals surface area contributed by atoms with E-state index in [0.717, 1.165) is 32.9 Å². The van der Waals surface area contributed by atoms with Gasteiger partial charge in [-0.15, -0.1) is 11.3 Å². The maximum atomic E-state index is 11.9. The quantitative estimate of drug-likeness (QED) is 0.603. The molecular formula is C13H12N6OS. The second-order valence-electron chi connectivity index (χ2n) is 4.90. The van der Waals surface area contributed by atoms with Gasteiger partial charge >= 0.3 is 0 Å². The largest absolute Gasteiger partial charge is 0.323 e. The molecule has 0 atom stereocenters. The highest BCUT2D eigenvalue weighted by atomic mass is 32.1. The Morgan fingerprint density at radius 1 is 1.38 bits per heavy atom. The van der Waals surface area contributed by atoms with Crippen LogP contribution in [0, 0.1) is 0 Å². The third-order valence-electron chi connectivity index (χ3n) is 3.64. The van der Waals surface area contributed by atoms with Gasteiger partial charge in [-0.1, -0.05) is 0 Å². The maximum absolute atomic E-state index is 11.9. The van der Waals surface area contributed by atoms with Gasteiger partial charge in [0, 0.05) is 37.8 Å². The van der Waals surface area contributed by atoms with Crippen LogP contribution < -0.4 is 5.56 Å². The number of H-pyrrole nitrogens is 1. The van der Waals surface area contributed by atoms with E-state index in [9.17, 15) is 4.79 Å². The van der Waals surface area contributed by atoms with Gasteiger partial charge in [0.1, 0.15) is 10.5 Å². The molecule has 4 rings (SSSR count). The van der Waals surface area contributed by atoms with Crippen molar-refractivity contribution in [1.82, 2.24) is 29.5 Å². The highest BCUT2D eigenvalue weighted by Gasteiger charge is 2.16. The van der Waals surface area contributed by atoms with Crippen LogP contribution in [-0.2, 0) is 20.5 Å². The number of aromatic nitrogens is 6. The molecule has 7 nitrogen and oxygen atoms in total. The minimum absolute atomic E-state index is 0.187. The molecule has 4 aromatic rings. The molecule has 106 valence electrons. The monoisotopic (exact) mass is 300 g/mol. The Labute approximate surface area is 122 Å². The Bertz CT molecular complexity index is 1020. The molecule has 0 radical (unpaired) electrons. The molecular weight excluding hydrogens is 288 g/mol. The summed E-state index contributed by atoms with van der Waals surface area (Å²) in [5.74, 6) is 0. The highest BCUT2D eigenvalue weighted by molar-refractivity contribution is 7.19. The van der Waals surface area contributed by atoms with E-state index in [1.54, 1.807) is 23.7 Å². The zero-order valence-corrected chi connectivity index (χ0v) is 12.3. The van der Waals surface area contributed by atoms with Crippen LogP contribution in [0.1, 0.15) is 10.7 Å². The number of hydrogen-bond donors (Lipinski definition) is 1. The van der Waals surface area contributed by atoms with Crippen molar-refractivity contribution in [3.63, 3.8) is 0 Å². The van der Waals surface area contributed by atoms with E-state index in [2.05, 4.69) is 20.3 Å². The molecule has 0 aliphatic heterocycles. The van der Waals surface area contributed by atoms with Crippen LogP contribution in [0.4, 0.5) is 0 Å². The van der Waals surface area contributed by atoms with Crippen LogP contribution in [0.5, 0.6) is 0 Å². The number of nitrogens with one attached hydrogen (secondary N) is 1. The minimum atomic E-state index is -0.187. The number of nitrogens with zero attached hydrogens (tertiary/aromatic N) is 5. The molecule has 0 aromatic carbocycles. The summed E-state index contributed by atoms with van der Waals surface area (Å²) in [4.78, 5) is 16.5. The van der Waals surface area contributed by atoms with Gasteiger partial charge in [-0.25, -0.2) is 10.1 Å². The lowest BCUT2D eigenvalue weighted by Crippen LogP contribution is -2.10. The second kappa shape index (κ2) is 4.26. The molecule has 0 bridgehead atoms. The Kier molecular flexibility index (Phi) is 2.49. The Balaban J connectivity index is 1.91. The van der Waals surface area contributed by atoms with Gasteiger partial charge < -0.3 is 4.57 Å². The fourth-order valence-corrected chi connectivity index (χ4v) is 3.68. The van der Waals surface area contributed by atoms with Crippen molar-refractivity contribution < 1.29 is 0 Å². The lowest BCUT2D eigenvalue weighted by atomic mass is 10.3. The van der Waals surface area contributed by atoms with E-state index < -0.39 is 0 Å². The Morgan fingerprint density at radius 3 is 3.00 bits per heavy atom. The molecule has 4 aromatic heterocycles. The SMILES string of the molecule is Cn1nccc1Cc1nc2c(s1)c1cn[nH]c(=O)c1n2C. The normalized spacial score (nSPS) is 11.7. The lowest BCUT2D eigenvalue weighted by Gasteiger charge is -1.98. The Morgan fingerprint density at radius 2 is 2.24 bits per heavy atom. The molecule has 0 unspecified atom stereocenters. The van der Waals surface area contributed by atoms with Crippen molar-refractivity contribution in [2.24, 2.45) is 14.1 Å². The van der Waals surface area contributed by atoms with Crippen LogP contribution in [0.3, 0.4) is 0 Å². The van der Waals surface area contributed by atoms with Gasteiger partial charge in [0.25, 0.3) is 5.56 Å². The van der Waals surface area contributed by atoms with Gasteiger partial charge in [0.05, 0.1) is 10.9 Å². The first-order chi connectivity index (χ1) is 10.1. The number of aryl methyl sites for hydroxylation is 2. The molecule has 0 saturated carbocycles. The summed E-state index contributed by atoms with van der Waals surface area (Å²) in [6.45, 7) is 0. The minimum Gasteiger partial charge on any atom is -0.323 e. The van der Waals surface area contributed by atoms with E-state index >= 15 is 0 Å². The average molecular weight is 300 g/mol. The molecule has 8 heteroatoms. The number of thiazole rings is 1. The molecule has 0 amide bonds. The van der Waals surface area contributed by atoms with Crippen molar-refractivity contribution in [3.05, 3.63) is 39.5 Å². The number of fused-ring (bicyclic) bond motifs is 3. The average Bonchev–Trinajstić information content (AvgIpc) is 3.11. The van der Waals surface area contributed by atoms with Gasteiger partial charge in [-0.3, -0.25) is 9.48 Å². The van der Waals surface area contributed by atoms with Gasteiger partial charge in [0.2, 0.25) is 0 Å². The van der Waals surface area contributed by atoms with Crippen LogP contribution in [0.15, 0.2) is 23.3 Å². The van der Waals surface area contributed by atoms with Crippen LogP contribution >= 0.6 is 11.3 Å². The molecule has 21 heavy (non-hydrogen) atoms. The third kappa shape index (κ3) is 1.72. The van der Waals surface area contributed by atoms with Crippen molar-refractivity contribution >= 4 is 32.6 Å². The zero-order valence-electron chi connectivity index (χ0n) is 11.5. The second-order valence-corrected chi connectivity index (χ2v) is 5.99. The third-order valence-corrected chi connectivity index (χ3v) is 4.71. The number of aromatic amines is 1. The van der Waals surface area contributed by atoms with E-state index in [0.29, 0.717) is 5.52 Å². The van der Waals surface area contributed by atoms with Crippen molar-refractivity contribution in [2.45, 2.75) is 6.42 Å². The van der Waals surface area contributed by atoms with E-state index in [-0.39, 0.29) is 5.56 Å². The van der Waals surface area contributed by atoms with Gasteiger partial charge in [-0.2, -0.15) is 10.2 Å². The highest BCUT2D eigenvalue weighted by Crippen LogP contribution is 2.31. The topological polar surface area (TPSA) is 81.4 Å². The summed E-state index contributed by atoms with van der Waals surface area (Å²) >= 11 is 1.60. The summed E-state index contributed by atoms with van der Waals surface area (Å²) in [6, 6.07) is 1.98. The Hall–Kier alpha value is -2.48. The summed E-state index contributed by atoms with van der Waals surface area (Å²) in [6.07, 6.45) is 4.20. The maximum Gasteiger partial charge on any atom is 0.288 e. The first-order valence-corrected chi connectivity index (χ1v) is 7.25. The van der Waals surface area contributed by atoms with E-state index in [1.807, 2.05) is 29.4 Å². The fraction of sp³-hybridized carbons (Fsp3) is 0.231. The summed E-state index contributed by atoms with van der Waals surface area (Å²) in [5.41, 5.74) is 2.36. The molecule has 0 aliphatic carbocycles. The first-order valence-electron chi connectivity index (χ1n) is 6.43. The van der Waals surface area contributed by atoms with E-state index in [4.69, 9.17) is 0 Å². The van der Waals surface area contributed by atoms with Crippen LogP contribution in [0.25, 0.3) is 21.3 Å². The van der Waals surface area contributed by atoms with Gasteiger partial charge in [-0.05, 0) is 6.07 Å². The smallest absolute Gasteiger partial charge is 0.288 e. The molecule has 0 aliphatic rings. The number of rotatable bonds is 2. The fourth-order valence-electron chi connectivity index (χ4n) is 2.56. The molecule has 1 N–H and O–H groups in total. The molecule has 0 fully saturated rings. The summed E-state index contributed by atoms with van der Waals surface area (Å²) < 4.78 is 4.67. The predicted octanol–water partition coefficient (Wildman–Crippen LogP) is 1.20. The van der Waals surface area contributed by atoms with Gasteiger partial charge in [0.15, 0.2) is 5.65 Å². The summed E-state index contributed by atoms with van der Waals surface area (Å²) in [5, 5.41) is 12.4. The molecule has 0 spiro atoms. The van der Waals surface area contributed by atoms with E-state index in [1.165, 1.54) is 0 Å². The predicted molar refractivity (Wildman–Crippen MR) is 80.5 cm³/mol. The standard InChI is InChI=1S/C13H12N6OS/c1-18-10-8(6-14-17-13(10)20)11-12(18)16-9(21-11)5-7-3-4-15-19(7)2/h3-4,6H,5H2,1-2H3,(H,17,20). The summed E-state index contributed by atoms with van der Waals surface area (Å²) in [7, 11) is 3.77. The number of hydrogen-bond acceptors (Lipinski definition) is 5.